The molecule has 2 aromatic heterocycles. The predicted molar refractivity (Wildman–Crippen MR) is 78.8 cm³/mol. The maximum Gasteiger partial charge on any atom is 0.276 e. The van der Waals surface area contributed by atoms with E-state index >= 15 is 0 Å². The molecule has 1 fully saturated rings. The molecule has 110 valence electrons. The van der Waals surface area contributed by atoms with E-state index in [9.17, 15) is 0 Å². The molecule has 1 aliphatic rings. The zero-order valence-electron chi connectivity index (χ0n) is 11.9. The second-order valence-corrected chi connectivity index (χ2v) is 4.90. The summed E-state index contributed by atoms with van der Waals surface area (Å²) < 4.78 is 5.21. The number of nitrogens with one attached hydrogen (secondary N) is 2. The zero-order chi connectivity index (χ0) is 14.5. The molecule has 7 nitrogen and oxygen atoms in total. The van der Waals surface area contributed by atoms with Crippen molar-refractivity contribution in [2.45, 2.75) is 25.3 Å². The van der Waals surface area contributed by atoms with E-state index in [0.29, 0.717) is 36.4 Å². The Morgan fingerprint density at radius 2 is 2.33 bits per heavy atom. The van der Waals surface area contributed by atoms with Gasteiger partial charge >= 0.3 is 0 Å². The molecule has 0 radical (unpaired) electrons. The van der Waals surface area contributed by atoms with Crippen LogP contribution in [0.2, 0.25) is 0 Å². The van der Waals surface area contributed by atoms with E-state index in [-0.39, 0.29) is 0 Å². The van der Waals surface area contributed by atoms with Gasteiger partial charge in [-0.15, -0.1) is 0 Å². The van der Waals surface area contributed by atoms with Crippen molar-refractivity contribution >= 4 is 5.96 Å². The predicted octanol–water partition coefficient (Wildman–Crippen LogP) is 1.00. The lowest BCUT2D eigenvalue weighted by atomic mass is 10.3. The number of rotatable bonds is 5. The largest absolute Gasteiger partial charge is 0.356 e. The van der Waals surface area contributed by atoms with Gasteiger partial charge in [-0.25, -0.2) is 0 Å². The first-order chi connectivity index (χ1) is 10.3. The van der Waals surface area contributed by atoms with Crippen LogP contribution in [-0.4, -0.2) is 40.7 Å². The van der Waals surface area contributed by atoms with Crippen LogP contribution in [0.1, 0.15) is 18.7 Å². The molecule has 0 amide bonds. The molecule has 2 N–H and O–H groups in total. The minimum Gasteiger partial charge on any atom is -0.356 e. The van der Waals surface area contributed by atoms with Crippen molar-refractivity contribution in [3.8, 4) is 11.6 Å². The Bertz CT molecular complexity index is 605. The highest BCUT2D eigenvalue weighted by molar-refractivity contribution is 5.80. The molecule has 0 unspecified atom stereocenters. The summed E-state index contributed by atoms with van der Waals surface area (Å²) in [6.07, 6.45) is 4.81. The Morgan fingerprint density at radius 1 is 1.43 bits per heavy atom. The molecule has 3 rings (SSSR count). The molecule has 0 saturated heterocycles. The van der Waals surface area contributed by atoms with E-state index in [4.69, 9.17) is 4.52 Å². The fourth-order valence-corrected chi connectivity index (χ4v) is 1.86. The van der Waals surface area contributed by atoms with Crippen molar-refractivity contribution in [1.29, 1.82) is 0 Å². The fraction of sp³-hybridized carbons (Fsp3) is 0.429. The summed E-state index contributed by atoms with van der Waals surface area (Å²) in [6.45, 7) is 0.702. The Balaban J connectivity index is 1.50. The highest BCUT2D eigenvalue weighted by atomic mass is 16.5. The molecule has 0 spiro atoms. The molecular formula is C14H18N6O. The Labute approximate surface area is 122 Å². The van der Waals surface area contributed by atoms with Gasteiger partial charge in [0.2, 0.25) is 0 Å². The van der Waals surface area contributed by atoms with E-state index in [1.54, 1.807) is 13.2 Å². The first-order valence-corrected chi connectivity index (χ1v) is 7.06. The average molecular weight is 286 g/mol. The summed E-state index contributed by atoms with van der Waals surface area (Å²) in [5.41, 5.74) is 0.690. The van der Waals surface area contributed by atoms with Gasteiger partial charge in [0.25, 0.3) is 5.89 Å². The van der Waals surface area contributed by atoms with Crippen molar-refractivity contribution in [3.05, 3.63) is 30.2 Å². The Kier molecular flexibility index (Phi) is 4.09. The van der Waals surface area contributed by atoms with Gasteiger partial charge in [0, 0.05) is 32.3 Å². The van der Waals surface area contributed by atoms with E-state index in [2.05, 4.69) is 30.8 Å². The molecule has 21 heavy (non-hydrogen) atoms. The van der Waals surface area contributed by atoms with Crippen LogP contribution in [0.3, 0.4) is 0 Å². The fourth-order valence-electron chi connectivity index (χ4n) is 1.86. The van der Waals surface area contributed by atoms with E-state index in [0.717, 1.165) is 5.96 Å². The van der Waals surface area contributed by atoms with Crippen molar-refractivity contribution in [2.75, 3.05) is 13.6 Å². The molecule has 2 heterocycles. The highest BCUT2D eigenvalue weighted by Crippen LogP contribution is 2.18. The maximum atomic E-state index is 5.21. The van der Waals surface area contributed by atoms with Crippen LogP contribution in [0.25, 0.3) is 11.6 Å². The molecule has 0 bridgehead atoms. The van der Waals surface area contributed by atoms with Gasteiger partial charge in [-0.1, -0.05) is 11.2 Å². The third-order valence-corrected chi connectivity index (χ3v) is 3.13. The molecule has 0 aromatic carbocycles. The summed E-state index contributed by atoms with van der Waals surface area (Å²) in [7, 11) is 1.77. The number of guanidine groups is 1. The van der Waals surface area contributed by atoms with Crippen molar-refractivity contribution < 1.29 is 4.52 Å². The molecule has 0 aliphatic heterocycles. The third-order valence-electron chi connectivity index (χ3n) is 3.13. The van der Waals surface area contributed by atoms with Gasteiger partial charge in [0.1, 0.15) is 5.69 Å². The van der Waals surface area contributed by atoms with Crippen LogP contribution in [0.4, 0.5) is 0 Å². The van der Waals surface area contributed by atoms with Crippen LogP contribution in [0.5, 0.6) is 0 Å². The number of nitrogens with zero attached hydrogens (tertiary/aromatic N) is 4. The standard InChI is InChI=1S/C14H18N6O/c1-15-14(18-10-5-6-10)17-9-7-12-19-13(21-20-12)11-4-2-3-8-16-11/h2-4,8,10H,5-7,9H2,1H3,(H2,15,17,18). The number of aliphatic imine (C=N–C) groups is 1. The minimum atomic E-state index is 0.450. The van der Waals surface area contributed by atoms with Crippen LogP contribution in [0.15, 0.2) is 33.9 Å². The van der Waals surface area contributed by atoms with E-state index in [1.165, 1.54) is 12.8 Å². The van der Waals surface area contributed by atoms with Gasteiger partial charge in [-0.2, -0.15) is 4.98 Å². The smallest absolute Gasteiger partial charge is 0.276 e. The maximum absolute atomic E-state index is 5.21. The lowest BCUT2D eigenvalue weighted by Gasteiger charge is -2.09. The van der Waals surface area contributed by atoms with Gasteiger partial charge in [0.15, 0.2) is 11.8 Å². The molecular weight excluding hydrogens is 268 g/mol. The van der Waals surface area contributed by atoms with Crippen LogP contribution in [0, 0.1) is 0 Å². The number of aromatic nitrogens is 3. The second kappa shape index (κ2) is 6.34. The quantitative estimate of drug-likeness (QED) is 0.630. The average Bonchev–Trinajstić information content (AvgIpc) is 3.22. The van der Waals surface area contributed by atoms with Crippen molar-refractivity contribution in [1.82, 2.24) is 25.8 Å². The number of pyridine rings is 1. The first kappa shape index (κ1) is 13.5. The zero-order valence-corrected chi connectivity index (χ0v) is 11.9. The van der Waals surface area contributed by atoms with Crippen LogP contribution in [-0.2, 0) is 6.42 Å². The topological polar surface area (TPSA) is 88.2 Å². The van der Waals surface area contributed by atoms with Gasteiger partial charge in [-0.05, 0) is 25.0 Å². The second-order valence-electron chi connectivity index (χ2n) is 4.90. The monoisotopic (exact) mass is 286 g/mol. The number of hydrogen-bond donors (Lipinski definition) is 2. The van der Waals surface area contributed by atoms with Gasteiger partial charge < -0.3 is 15.2 Å². The molecule has 1 aliphatic carbocycles. The van der Waals surface area contributed by atoms with Gasteiger partial charge in [-0.3, -0.25) is 9.98 Å². The van der Waals surface area contributed by atoms with Gasteiger partial charge in [0.05, 0.1) is 0 Å². The highest BCUT2D eigenvalue weighted by Gasteiger charge is 2.22. The van der Waals surface area contributed by atoms with Crippen LogP contribution >= 0.6 is 0 Å². The van der Waals surface area contributed by atoms with Crippen molar-refractivity contribution in [2.24, 2.45) is 4.99 Å². The summed E-state index contributed by atoms with van der Waals surface area (Å²) in [5.74, 6) is 1.93. The van der Waals surface area contributed by atoms with E-state index in [1.807, 2.05) is 18.2 Å². The van der Waals surface area contributed by atoms with Crippen LogP contribution < -0.4 is 10.6 Å². The lowest BCUT2D eigenvalue weighted by Crippen LogP contribution is -2.39. The summed E-state index contributed by atoms with van der Waals surface area (Å²) in [6, 6.07) is 6.17. The summed E-state index contributed by atoms with van der Waals surface area (Å²) in [5, 5.41) is 10.5. The lowest BCUT2D eigenvalue weighted by molar-refractivity contribution is 0.421. The van der Waals surface area contributed by atoms with E-state index < -0.39 is 0 Å². The summed E-state index contributed by atoms with van der Waals surface area (Å²) in [4.78, 5) is 12.7. The Hall–Kier alpha value is -2.44. The first-order valence-electron chi connectivity index (χ1n) is 7.06. The molecule has 0 atom stereocenters. The Morgan fingerprint density at radius 3 is 3.05 bits per heavy atom. The molecule has 7 heteroatoms. The SMILES string of the molecule is CN=C(NCCc1noc(-c2ccccn2)n1)NC1CC1. The van der Waals surface area contributed by atoms with Crippen molar-refractivity contribution in [3.63, 3.8) is 0 Å². The summed E-state index contributed by atoms with van der Waals surface area (Å²) >= 11 is 0. The third kappa shape index (κ3) is 3.77. The molecule has 2 aromatic rings. The molecule has 1 saturated carbocycles. The minimum absolute atomic E-state index is 0.450. The normalized spacial score (nSPS) is 15.0. The number of hydrogen-bond acceptors (Lipinski definition) is 5.